The number of carbonyl (C=O) groups excluding carboxylic acids is 3. The Bertz CT molecular complexity index is 999. The third kappa shape index (κ3) is 4.20. The number of primary amides is 1. The van der Waals surface area contributed by atoms with E-state index < -0.39 is 17.8 Å². The number of anilines is 1. The van der Waals surface area contributed by atoms with Gasteiger partial charge in [0.15, 0.2) is 11.5 Å². The average molecular weight is 485 g/mol. The van der Waals surface area contributed by atoms with Gasteiger partial charge in [0.25, 0.3) is 11.8 Å². The minimum atomic E-state index is -0.964. The van der Waals surface area contributed by atoms with Gasteiger partial charge in [-0.05, 0) is 35.8 Å². The first kappa shape index (κ1) is 23.1. The first-order valence-electron chi connectivity index (χ1n) is 8.61. The summed E-state index contributed by atoms with van der Waals surface area (Å²) in [5.41, 5.74) is 5.06. The molecule has 1 aromatic carbocycles. The van der Waals surface area contributed by atoms with Gasteiger partial charge in [-0.2, -0.15) is 0 Å². The van der Waals surface area contributed by atoms with Gasteiger partial charge in [-0.1, -0.05) is 0 Å². The second-order valence-electron chi connectivity index (χ2n) is 5.78. The van der Waals surface area contributed by atoms with E-state index >= 15 is 0 Å². The molecule has 0 atom stereocenters. The molecule has 0 unspecified atom stereocenters. The van der Waals surface area contributed by atoms with Gasteiger partial charge in [-0.25, -0.2) is 4.79 Å². The van der Waals surface area contributed by atoms with E-state index in [1.807, 2.05) is 0 Å². The van der Waals surface area contributed by atoms with Gasteiger partial charge >= 0.3 is 5.97 Å². The van der Waals surface area contributed by atoms with Crippen molar-refractivity contribution in [3.8, 4) is 17.2 Å². The summed E-state index contributed by atoms with van der Waals surface area (Å²) in [6.45, 7) is 3.15. The summed E-state index contributed by atoms with van der Waals surface area (Å²) in [5, 5.41) is 2.45. The SMILES string of the molecule is CCOC(=O)c1c(C)oc(NC(=O)c2cc(OC)c(OC)c(OC)c2Br)c1C(N)=O. The van der Waals surface area contributed by atoms with Crippen LogP contribution in [0.4, 0.5) is 5.88 Å². The maximum atomic E-state index is 12.9. The predicted molar refractivity (Wildman–Crippen MR) is 110 cm³/mol. The number of halogens is 1. The van der Waals surface area contributed by atoms with Crippen molar-refractivity contribution in [2.75, 3.05) is 33.3 Å². The summed E-state index contributed by atoms with van der Waals surface area (Å²) in [4.78, 5) is 37.1. The number of aryl methyl sites for hydroxylation is 1. The Labute approximate surface area is 180 Å². The van der Waals surface area contributed by atoms with Crippen LogP contribution in [0, 0.1) is 6.92 Å². The van der Waals surface area contributed by atoms with Crippen molar-refractivity contribution in [3.63, 3.8) is 0 Å². The van der Waals surface area contributed by atoms with E-state index in [0.29, 0.717) is 0 Å². The zero-order valence-corrected chi connectivity index (χ0v) is 18.6. The largest absolute Gasteiger partial charge is 0.493 e. The molecule has 0 saturated heterocycles. The summed E-state index contributed by atoms with van der Waals surface area (Å²) < 4.78 is 26.5. The first-order chi connectivity index (χ1) is 14.2. The smallest absolute Gasteiger partial charge is 0.342 e. The standard InChI is InChI=1S/C19H21BrN2O8/c1-6-29-19(25)11-8(2)30-18(12(11)16(21)23)22-17(24)9-7-10(26-3)14(27-4)15(28-5)13(9)20/h7H,6H2,1-5H3,(H2,21,23)(H,22,24). The zero-order chi connectivity index (χ0) is 22.6. The van der Waals surface area contributed by atoms with Crippen molar-refractivity contribution >= 4 is 39.6 Å². The molecule has 0 spiro atoms. The van der Waals surface area contributed by atoms with E-state index in [0.717, 1.165) is 0 Å². The van der Waals surface area contributed by atoms with Crippen molar-refractivity contribution in [1.29, 1.82) is 0 Å². The highest BCUT2D eigenvalue weighted by molar-refractivity contribution is 9.10. The predicted octanol–water partition coefficient (Wildman–Crippen LogP) is 2.90. The van der Waals surface area contributed by atoms with Crippen molar-refractivity contribution in [2.45, 2.75) is 13.8 Å². The monoisotopic (exact) mass is 484 g/mol. The zero-order valence-electron chi connectivity index (χ0n) is 17.0. The number of hydrogen-bond donors (Lipinski definition) is 2. The fourth-order valence-electron chi connectivity index (χ4n) is 2.77. The van der Waals surface area contributed by atoms with Crippen LogP contribution in [-0.4, -0.2) is 45.7 Å². The third-order valence-corrected chi connectivity index (χ3v) is 4.84. The number of ether oxygens (including phenoxy) is 4. The maximum absolute atomic E-state index is 12.9. The van der Waals surface area contributed by atoms with Crippen LogP contribution in [0.1, 0.15) is 43.8 Å². The Morgan fingerprint density at radius 3 is 2.23 bits per heavy atom. The molecule has 2 rings (SSSR count). The van der Waals surface area contributed by atoms with Crippen LogP contribution in [0.25, 0.3) is 0 Å². The molecule has 1 heterocycles. The number of carbonyl (C=O) groups is 3. The Morgan fingerprint density at radius 2 is 1.73 bits per heavy atom. The number of nitrogens with one attached hydrogen (secondary N) is 1. The Kier molecular flexibility index (Phi) is 7.33. The van der Waals surface area contributed by atoms with E-state index in [1.54, 1.807) is 6.92 Å². The summed E-state index contributed by atoms with van der Waals surface area (Å²) in [6, 6.07) is 1.41. The van der Waals surface area contributed by atoms with Gasteiger partial charge in [-0.3, -0.25) is 14.9 Å². The second-order valence-corrected chi connectivity index (χ2v) is 6.58. The molecule has 162 valence electrons. The van der Waals surface area contributed by atoms with E-state index in [4.69, 9.17) is 29.1 Å². The van der Waals surface area contributed by atoms with E-state index in [9.17, 15) is 14.4 Å². The maximum Gasteiger partial charge on any atom is 0.342 e. The normalized spacial score (nSPS) is 10.3. The number of hydrogen-bond acceptors (Lipinski definition) is 8. The highest BCUT2D eigenvalue weighted by atomic mass is 79.9. The lowest BCUT2D eigenvalue weighted by Crippen LogP contribution is -2.20. The molecule has 11 heteroatoms. The van der Waals surface area contributed by atoms with Crippen molar-refractivity contribution in [1.82, 2.24) is 0 Å². The summed E-state index contributed by atoms with van der Waals surface area (Å²) in [6.07, 6.45) is 0. The van der Waals surface area contributed by atoms with Gasteiger partial charge in [0.1, 0.15) is 16.9 Å². The van der Waals surface area contributed by atoms with Crippen molar-refractivity contribution in [3.05, 3.63) is 33.0 Å². The lowest BCUT2D eigenvalue weighted by atomic mass is 10.1. The van der Waals surface area contributed by atoms with Crippen LogP contribution >= 0.6 is 15.9 Å². The van der Waals surface area contributed by atoms with E-state index in [2.05, 4.69) is 21.2 Å². The Hall–Kier alpha value is -3.21. The molecule has 0 radical (unpaired) electrons. The fourth-order valence-corrected chi connectivity index (χ4v) is 3.41. The van der Waals surface area contributed by atoms with Crippen LogP contribution in [-0.2, 0) is 4.74 Å². The number of amides is 2. The summed E-state index contributed by atoms with van der Waals surface area (Å²) >= 11 is 3.30. The van der Waals surface area contributed by atoms with Crippen LogP contribution in [0.5, 0.6) is 17.2 Å². The minimum Gasteiger partial charge on any atom is -0.493 e. The fraction of sp³-hybridized carbons (Fsp3) is 0.316. The number of methoxy groups -OCH3 is 3. The van der Waals surface area contributed by atoms with E-state index in [1.165, 1.54) is 34.3 Å². The number of esters is 1. The van der Waals surface area contributed by atoms with Crippen LogP contribution in [0.2, 0.25) is 0 Å². The number of furan rings is 1. The quantitative estimate of drug-likeness (QED) is 0.545. The lowest BCUT2D eigenvalue weighted by molar-refractivity contribution is 0.0521. The third-order valence-electron chi connectivity index (χ3n) is 4.05. The molecule has 2 amide bonds. The number of nitrogens with two attached hydrogens (primary N) is 1. The molecule has 1 aromatic heterocycles. The first-order valence-corrected chi connectivity index (χ1v) is 9.41. The number of benzene rings is 1. The molecule has 0 saturated carbocycles. The Morgan fingerprint density at radius 1 is 1.10 bits per heavy atom. The molecular formula is C19H21BrN2O8. The van der Waals surface area contributed by atoms with Gasteiger partial charge in [0, 0.05) is 0 Å². The molecule has 3 N–H and O–H groups in total. The molecule has 0 aliphatic heterocycles. The summed E-state index contributed by atoms with van der Waals surface area (Å²) in [7, 11) is 4.23. The van der Waals surface area contributed by atoms with Crippen LogP contribution in [0.15, 0.2) is 15.0 Å². The van der Waals surface area contributed by atoms with Crippen LogP contribution < -0.4 is 25.3 Å². The Balaban J connectivity index is 2.55. The molecule has 0 aliphatic rings. The highest BCUT2D eigenvalue weighted by Crippen LogP contribution is 2.45. The molecule has 0 bridgehead atoms. The average Bonchev–Trinajstić information content (AvgIpc) is 3.03. The van der Waals surface area contributed by atoms with Gasteiger partial charge in [0.2, 0.25) is 11.6 Å². The van der Waals surface area contributed by atoms with Gasteiger partial charge in [-0.15, -0.1) is 0 Å². The van der Waals surface area contributed by atoms with Gasteiger partial charge in [0.05, 0.1) is 38.0 Å². The molecular weight excluding hydrogens is 464 g/mol. The molecule has 2 aromatic rings. The minimum absolute atomic E-state index is 0.0708. The summed E-state index contributed by atoms with van der Waals surface area (Å²) in [5.74, 6) is -1.92. The molecule has 0 fully saturated rings. The second kappa shape index (κ2) is 9.53. The highest BCUT2D eigenvalue weighted by Gasteiger charge is 2.30. The lowest BCUT2D eigenvalue weighted by Gasteiger charge is -2.16. The van der Waals surface area contributed by atoms with Crippen molar-refractivity contribution in [2.24, 2.45) is 5.73 Å². The van der Waals surface area contributed by atoms with Gasteiger partial charge < -0.3 is 29.1 Å². The molecule has 0 aliphatic carbocycles. The van der Waals surface area contributed by atoms with Crippen molar-refractivity contribution < 1.29 is 37.7 Å². The van der Waals surface area contributed by atoms with Crippen LogP contribution in [0.3, 0.4) is 0 Å². The number of rotatable bonds is 8. The topological polar surface area (TPSA) is 139 Å². The molecule has 30 heavy (non-hydrogen) atoms. The molecule has 10 nitrogen and oxygen atoms in total. The van der Waals surface area contributed by atoms with E-state index in [-0.39, 0.29) is 56.7 Å².